The maximum Gasteiger partial charge on any atom is 0.327 e. The summed E-state index contributed by atoms with van der Waals surface area (Å²) in [5, 5.41) is 0. The largest absolute Gasteiger partial charge is 0.356 e. The third kappa shape index (κ3) is 2.19. The zero-order valence-corrected chi connectivity index (χ0v) is 14.4. The molecule has 3 fully saturated rings. The van der Waals surface area contributed by atoms with Crippen LogP contribution >= 0.6 is 0 Å². The molecule has 3 saturated heterocycles. The van der Waals surface area contributed by atoms with Gasteiger partial charge in [0, 0.05) is 31.4 Å². The summed E-state index contributed by atoms with van der Waals surface area (Å²) in [6.07, 6.45) is 3.35. The zero-order chi connectivity index (χ0) is 16.9. The predicted molar refractivity (Wildman–Crippen MR) is 90.8 cm³/mol. The monoisotopic (exact) mass is 328 g/mol. The van der Waals surface area contributed by atoms with Gasteiger partial charge in [-0.05, 0) is 51.7 Å². The van der Waals surface area contributed by atoms with Gasteiger partial charge < -0.3 is 9.80 Å². The highest BCUT2D eigenvalue weighted by molar-refractivity contribution is 6.07. The van der Waals surface area contributed by atoms with Gasteiger partial charge in [0.15, 0.2) is 0 Å². The van der Waals surface area contributed by atoms with E-state index >= 15 is 0 Å². The van der Waals surface area contributed by atoms with Crippen LogP contribution in [0, 0.1) is 6.92 Å². The number of hydrogen-bond donors (Lipinski definition) is 0. The van der Waals surface area contributed by atoms with Gasteiger partial charge in [-0.1, -0.05) is 6.07 Å². The molecule has 0 unspecified atom stereocenters. The fourth-order valence-corrected chi connectivity index (χ4v) is 4.35. The van der Waals surface area contributed by atoms with E-state index in [4.69, 9.17) is 0 Å². The number of amides is 3. The van der Waals surface area contributed by atoms with Crippen molar-refractivity contribution in [1.29, 1.82) is 0 Å². The lowest BCUT2D eigenvalue weighted by atomic mass is 9.97. The number of anilines is 1. The molecular weight excluding hydrogens is 304 g/mol. The number of fused-ring (bicyclic) bond motifs is 1. The fourth-order valence-electron chi connectivity index (χ4n) is 4.35. The summed E-state index contributed by atoms with van der Waals surface area (Å²) in [5.74, 6) is 0.997. The molecule has 1 atom stereocenters. The summed E-state index contributed by atoms with van der Waals surface area (Å²) >= 11 is 0. The van der Waals surface area contributed by atoms with Crippen molar-refractivity contribution in [1.82, 2.24) is 14.8 Å². The SMILES string of the molecule is Cc1cccc(N2CCC(N3C(=O)N4CCC[C@@]4(C)C3=O)CC2)n1. The van der Waals surface area contributed by atoms with Gasteiger partial charge in [0.1, 0.15) is 11.4 Å². The normalized spacial score (nSPS) is 28.0. The highest BCUT2D eigenvalue weighted by Crippen LogP contribution is 2.39. The van der Waals surface area contributed by atoms with Crippen LogP contribution in [0.3, 0.4) is 0 Å². The highest BCUT2D eigenvalue weighted by atomic mass is 16.2. The Kier molecular flexibility index (Phi) is 3.51. The van der Waals surface area contributed by atoms with E-state index in [0.29, 0.717) is 6.54 Å². The smallest absolute Gasteiger partial charge is 0.327 e. The van der Waals surface area contributed by atoms with Gasteiger partial charge >= 0.3 is 6.03 Å². The second-order valence-electron chi connectivity index (χ2n) is 7.34. The lowest BCUT2D eigenvalue weighted by Gasteiger charge is -2.36. The Balaban J connectivity index is 1.47. The van der Waals surface area contributed by atoms with E-state index < -0.39 is 5.54 Å². The second-order valence-corrected chi connectivity index (χ2v) is 7.34. The van der Waals surface area contributed by atoms with Crippen LogP contribution in [0.5, 0.6) is 0 Å². The van der Waals surface area contributed by atoms with Crippen molar-refractivity contribution < 1.29 is 9.59 Å². The van der Waals surface area contributed by atoms with Crippen LogP contribution in [0.2, 0.25) is 0 Å². The van der Waals surface area contributed by atoms with Crippen LogP contribution in [0.15, 0.2) is 18.2 Å². The number of urea groups is 1. The lowest BCUT2D eigenvalue weighted by Crippen LogP contribution is -2.49. The molecule has 6 heteroatoms. The summed E-state index contributed by atoms with van der Waals surface area (Å²) in [5.41, 5.74) is 0.417. The van der Waals surface area contributed by atoms with Crippen LogP contribution < -0.4 is 4.90 Å². The minimum atomic E-state index is -0.591. The first-order chi connectivity index (χ1) is 11.5. The van der Waals surface area contributed by atoms with E-state index in [0.717, 1.165) is 50.3 Å². The number of nitrogens with zero attached hydrogens (tertiary/aromatic N) is 4. The number of hydrogen-bond acceptors (Lipinski definition) is 4. The first-order valence-corrected chi connectivity index (χ1v) is 8.84. The molecule has 4 heterocycles. The van der Waals surface area contributed by atoms with Crippen LogP contribution in [0.4, 0.5) is 10.6 Å². The van der Waals surface area contributed by atoms with Crippen LogP contribution in [-0.4, -0.2) is 57.9 Å². The van der Waals surface area contributed by atoms with E-state index in [-0.39, 0.29) is 18.0 Å². The van der Waals surface area contributed by atoms with Gasteiger partial charge in [0.25, 0.3) is 5.91 Å². The maximum absolute atomic E-state index is 12.9. The molecule has 1 aromatic rings. The van der Waals surface area contributed by atoms with E-state index in [9.17, 15) is 9.59 Å². The molecule has 0 bridgehead atoms. The maximum atomic E-state index is 12.9. The van der Waals surface area contributed by atoms with Crippen molar-refractivity contribution in [3.8, 4) is 0 Å². The second kappa shape index (κ2) is 5.46. The molecule has 24 heavy (non-hydrogen) atoms. The van der Waals surface area contributed by atoms with Crippen LogP contribution in [0.1, 0.15) is 38.3 Å². The molecule has 3 aliphatic heterocycles. The average molecular weight is 328 g/mol. The molecule has 128 valence electrons. The van der Waals surface area contributed by atoms with Crippen molar-refractivity contribution in [2.24, 2.45) is 0 Å². The number of piperidine rings is 1. The number of pyridine rings is 1. The number of carbonyl (C=O) groups is 2. The van der Waals surface area contributed by atoms with Crippen molar-refractivity contribution in [2.45, 2.75) is 51.1 Å². The summed E-state index contributed by atoms with van der Waals surface area (Å²) in [6.45, 7) is 6.28. The predicted octanol–water partition coefficient (Wildman–Crippen LogP) is 2.18. The summed E-state index contributed by atoms with van der Waals surface area (Å²) in [6, 6.07) is 5.98. The highest BCUT2D eigenvalue weighted by Gasteiger charge is 2.58. The Hall–Kier alpha value is -2.11. The molecule has 0 aromatic carbocycles. The fraction of sp³-hybridized carbons (Fsp3) is 0.611. The first kappa shape index (κ1) is 15.4. The van der Waals surface area contributed by atoms with E-state index in [1.165, 1.54) is 0 Å². The average Bonchev–Trinajstić information content (AvgIpc) is 3.05. The minimum Gasteiger partial charge on any atom is -0.356 e. The van der Waals surface area contributed by atoms with Gasteiger partial charge in [-0.3, -0.25) is 9.69 Å². The summed E-state index contributed by atoms with van der Waals surface area (Å²) in [7, 11) is 0. The molecule has 1 aromatic heterocycles. The van der Waals surface area contributed by atoms with Gasteiger partial charge in [0.2, 0.25) is 0 Å². The molecule has 0 saturated carbocycles. The molecule has 0 N–H and O–H groups in total. The third-order valence-corrected chi connectivity index (χ3v) is 5.78. The Morgan fingerprint density at radius 2 is 1.92 bits per heavy atom. The Morgan fingerprint density at radius 3 is 2.58 bits per heavy atom. The Labute approximate surface area is 142 Å². The standard InChI is InChI=1S/C18H24N4O2/c1-13-5-3-6-15(19-13)20-11-7-14(8-12-20)22-16(23)18(2)9-4-10-21(18)17(22)24/h3,5-6,14H,4,7-12H2,1-2H3/t18-/m0/s1. The Bertz CT molecular complexity index is 683. The van der Waals surface area contributed by atoms with Crippen molar-refractivity contribution in [3.05, 3.63) is 23.9 Å². The molecule has 3 amide bonds. The lowest BCUT2D eigenvalue weighted by molar-refractivity contribution is -0.133. The first-order valence-electron chi connectivity index (χ1n) is 8.84. The number of carbonyl (C=O) groups excluding carboxylic acids is 2. The molecule has 4 rings (SSSR count). The molecular formula is C18H24N4O2. The third-order valence-electron chi connectivity index (χ3n) is 5.78. The summed E-state index contributed by atoms with van der Waals surface area (Å²) < 4.78 is 0. The molecule has 0 aliphatic carbocycles. The topological polar surface area (TPSA) is 56.8 Å². The van der Waals surface area contributed by atoms with Gasteiger partial charge in [-0.15, -0.1) is 0 Å². The number of rotatable bonds is 2. The molecule has 0 radical (unpaired) electrons. The molecule has 6 nitrogen and oxygen atoms in total. The van der Waals surface area contributed by atoms with Crippen molar-refractivity contribution >= 4 is 17.8 Å². The minimum absolute atomic E-state index is 0.0112. The number of aromatic nitrogens is 1. The number of imide groups is 1. The van der Waals surface area contributed by atoms with E-state index in [1.54, 1.807) is 9.80 Å². The zero-order valence-electron chi connectivity index (χ0n) is 14.4. The van der Waals surface area contributed by atoms with Crippen LogP contribution in [-0.2, 0) is 4.79 Å². The van der Waals surface area contributed by atoms with Gasteiger partial charge in [-0.2, -0.15) is 0 Å². The number of aryl methyl sites for hydroxylation is 1. The Morgan fingerprint density at radius 1 is 1.17 bits per heavy atom. The van der Waals surface area contributed by atoms with Gasteiger partial charge in [-0.25, -0.2) is 9.78 Å². The summed E-state index contributed by atoms with van der Waals surface area (Å²) in [4.78, 5) is 35.7. The molecule has 3 aliphatic rings. The van der Waals surface area contributed by atoms with Crippen molar-refractivity contribution in [2.75, 3.05) is 24.5 Å². The quantitative estimate of drug-likeness (QED) is 0.781. The van der Waals surface area contributed by atoms with E-state index in [2.05, 4.69) is 9.88 Å². The van der Waals surface area contributed by atoms with Crippen molar-refractivity contribution in [3.63, 3.8) is 0 Å². The van der Waals surface area contributed by atoms with E-state index in [1.807, 2.05) is 32.0 Å². The molecule has 0 spiro atoms. The van der Waals surface area contributed by atoms with Crippen LogP contribution in [0.25, 0.3) is 0 Å². The van der Waals surface area contributed by atoms with Gasteiger partial charge in [0.05, 0.1) is 0 Å².